The van der Waals surface area contributed by atoms with E-state index in [1.807, 2.05) is 13.8 Å². The molecule has 0 aliphatic rings. The van der Waals surface area contributed by atoms with Crippen LogP contribution in [-0.2, 0) is 11.3 Å². The van der Waals surface area contributed by atoms with Gasteiger partial charge in [-0.1, -0.05) is 25.4 Å². The Balaban J connectivity index is 2.60. The Kier molecular flexibility index (Phi) is 6.58. The van der Waals surface area contributed by atoms with Crippen LogP contribution >= 0.6 is 11.6 Å². The minimum absolute atomic E-state index is 0.0203. The fourth-order valence-electron chi connectivity index (χ4n) is 1.62. The molecule has 7 heteroatoms. The lowest BCUT2D eigenvalue weighted by Gasteiger charge is -2.15. The molecule has 6 nitrogen and oxygen atoms in total. The zero-order valence-electron chi connectivity index (χ0n) is 12.4. The highest BCUT2D eigenvalue weighted by Crippen LogP contribution is 2.21. The molecule has 1 atom stereocenters. The highest BCUT2D eigenvalue weighted by atomic mass is 35.5. The van der Waals surface area contributed by atoms with Crippen molar-refractivity contribution in [2.45, 2.75) is 33.4 Å². The molecule has 2 N–H and O–H groups in total. The molecule has 0 saturated carbocycles. The van der Waals surface area contributed by atoms with Crippen molar-refractivity contribution in [1.29, 1.82) is 0 Å². The van der Waals surface area contributed by atoms with Gasteiger partial charge in [-0.2, -0.15) is 0 Å². The van der Waals surface area contributed by atoms with Gasteiger partial charge in [0.25, 0.3) is 5.69 Å². The Bertz CT molecular complexity index is 520. The van der Waals surface area contributed by atoms with Crippen LogP contribution in [0.1, 0.15) is 26.3 Å². The number of non-ortho nitro benzene ring substituents is 1. The number of hydrogen-bond donors (Lipinski definition) is 2. The van der Waals surface area contributed by atoms with Crippen LogP contribution in [0.5, 0.6) is 0 Å². The molecule has 0 aromatic heterocycles. The number of nitro benzene ring substituents is 1. The van der Waals surface area contributed by atoms with Crippen LogP contribution in [0, 0.1) is 16.0 Å². The molecule has 0 fully saturated rings. The molecule has 0 radical (unpaired) electrons. The number of amides is 1. The minimum atomic E-state index is -0.474. The van der Waals surface area contributed by atoms with Crippen LogP contribution in [0.25, 0.3) is 0 Å². The van der Waals surface area contributed by atoms with Crippen molar-refractivity contribution in [1.82, 2.24) is 10.6 Å². The van der Waals surface area contributed by atoms with E-state index < -0.39 is 11.0 Å². The molecule has 1 aromatic rings. The first-order valence-corrected chi connectivity index (χ1v) is 7.13. The number of carbonyl (C=O) groups excluding carboxylic acids is 1. The van der Waals surface area contributed by atoms with Gasteiger partial charge in [0.05, 0.1) is 11.0 Å². The van der Waals surface area contributed by atoms with E-state index in [4.69, 9.17) is 11.6 Å². The summed E-state index contributed by atoms with van der Waals surface area (Å²) in [6, 6.07) is 3.85. The van der Waals surface area contributed by atoms with Gasteiger partial charge >= 0.3 is 0 Å². The van der Waals surface area contributed by atoms with Gasteiger partial charge in [0, 0.05) is 30.2 Å². The van der Waals surface area contributed by atoms with Crippen LogP contribution in [-0.4, -0.2) is 23.4 Å². The lowest BCUT2D eigenvalue weighted by Crippen LogP contribution is -2.43. The van der Waals surface area contributed by atoms with E-state index in [2.05, 4.69) is 10.6 Å². The zero-order chi connectivity index (χ0) is 16.0. The molecule has 0 saturated heterocycles. The van der Waals surface area contributed by atoms with Crippen LogP contribution in [0.2, 0.25) is 5.02 Å². The molecule has 0 spiro atoms. The van der Waals surface area contributed by atoms with Gasteiger partial charge in [0.15, 0.2) is 0 Å². The second-order valence-electron chi connectivity index (χ2n) is 5.27. The SMILES string of the molecule is CC(C)CNC(=O)C(C)NCc1cc([N+](=O)[O-])ccc1Cl. The first-order valence-electron chi connectivity index (χ1n) is 6.75. The third kappa shape index (κ3) is 5.69. The molecule has 0 aliphatic carbocycles. The van der Waals surface area contributed by atoms with Gasteiger partial charge < -0.3 is 10.6 Å². The number of hydrogen-bond acceptors (Lipinski definition) is 4. The lowest BCUT2D eigenvalue weighted by molar-refractivity contribution is -0.384. The number of carbonyl (C=O) groups is 1. The zero-order valence-corrected chi connectivity index (χ0v) is 13.1. The van der Waals surface area contributed by atoms with Gasteiger partial charge in [0.1, 0.15) is 0 Å². The maximum atomic E-state index is 11.8. The molecule has 21 heavy (non-hydrogen) atoms. The summed E-state index contributed by atoms with van der Waals surface area (Å²) in [5.41, 5.74) is 0.572. The van der Waals surface area contributed by atoms with Gasteiger partial charge in [-0.05, 0) is 24.5 Å². The molecule has 1 aromatic carbocycles. The van der Waals surface area contributed by atoms with Gasteiger partial charge in [-0.15, -0.1) is 0 Å². The molecular formula is C14H20ClN3O3. The van der Waals surface area contributed by atoms with E-state index in [9.17, 15) is 14.9 Å². The highest BCUT2D eigenvalue weighted by molar-refractivity contribution is 6.31. The standard InChI is InChI=1S/C14H20ClN3O3/c1-9(2)7-17-14(19)10(3)16-8-11-6-12(18(20)21)4-5-13(11)15/h4-6,9-10,16H,7-8H2,1-3H3,(H,17,19). The summed E-state index contributed by atoms with van der Waals surface area (Å²) in [5.74, 6) is 0.276. The molecule has 0 aliphatic heterocycles. The Morgan fingerprint density at radius 3 is 2.62 bits per heavy atom. The number of nitro groups is 1. The molecule has 1 rings (SSSR count). The van der Waals surface area contributed by atoms with Crippen LogP contribution in [0.15, 0.2) is 18.2 Å². The van der Waals surface area contributed by atoms with Crippen molar-refractivity contribution < 1.29 is 9.72 Å². The highest BCUT2D eigenvalue weighted by Gasteiger charge is 2.14. The molecule has 1 amide bonds. The van der Waals surface area contributed by atoms with Crippen molar-refractivity contribution in [3.8, 4) is 0 Å². The Hall–Kier alpha value is -1.66. The van der Waals surface area contributed by atoms with E-state index in [0.717, 1.165) is 0 Å². The summed E-state index contributed by atoms with van der Waals surface area (Å²) in [6.07, 6.45) is 0. The number of nitrogens with one attached hydrogen (secondary N) is 2. The van der Waals surface area contributed by atoms with Crippen LogP contribution < -0.4 is 10.6 Å². The molecular weight excluding hydrogens is 294 g/mol. The topological polar surface area (TPSA) is 84.3 Å². The third-order valence-electron chi connectivity index (χ3n) is 2.92. The van der Waals surface area contributed by atoms with Crippen molar-refractivity contribution in [3.63, 3.8) is 0 Å². The molecule has 116 valence electrons. The average Bonchev–Trinajstić information content (AvgIpc) is 2.43. The van der Waals surface area contributed by atoms with Crippen molar-refractivity contribution in [2.75, 3.05) is 6.54 Å². The van der Waals surface area contributed by atoms with Crippen molar-refractivity contribution in [2.24, 2.45) is 5.92 Å². The fraction of sp³-hybridized carbons (Fsp3) is 0.500. The maximum absolute atomic E-state index is 11.8. The average molecular weight is 314 g/mol. The summed E-state index contributed by atoms with van der Waals surface area (Å²) < 4.78 is 0. The van der Waals surface area contributed by atoms with E-state index in [-0.39, 0.29) is 18.1 Å². The van der Waals surface area contributed by atoms with E-state index in [1.165, 1.54) is 18.2 Å². The first kappa shape index (κ1) is 17.4. The summed E-state index contributed by atoms with van der Waals surface area (Å²) in [6.45, 7) is 6.67. The fourth-order valence-corrected chi connectivity index (χ4v) is 1.81. The first-order chi connectivity index (χ1) is 9.81. The van der Waals surface area contributed by atoms with E-state index in [0.29, 0.717) is 23.0 Å². The number of halogens is 1. The summed E-state index contributed by atoms with van der Waals surface area (Å²) in [5, 5.41) is 17.0. The van der Waals surface area contributed by atoms with Gasteiger partial charge in [-0.25, -0.2) is 0 Å². The molecule has 0 bridgehead atoms. The second-order valence-corrected chi connectivity index (χ2v) is 5.68. The van der Waals surface area contributed by atoms with Crippen LogP contribution in [0.4, 0.5) is 5.69 Å². The monoisotopic (exact) mass is 313 g/mol. The predicted octanol–water partition coefficient (Wildman–Crippen LogP) is 2.50. The van der Waals surface area contributed by atoms with E-state index in [1.54, 1.807) is 6.92 Å². The summed E-state index contributed by atoms with van der Waals surface area (Å²) in [7, 11) is 0. The smallest absolute Gasteiger partial charge is 0.269 e. The van der Waals surface area contributed by atoms with Gasteiger partial charge in [-0.3, -0.25) is 14.9 Å². The van der Waals surface area contributed by atoms with Crippen molar-refractivity contribution in [3.05, 3.63) is 38.9 Å². The number of benzene rings is 1. The quantitative estimate of drug-likeness (QED) is 0.598. The lowest BCUT2D eigenvalue weighted by atomic mass is 10.2. The second kappa shape index (κ2) is 7.95. The maximum Gasteiger partial charge on any atom is 0.269 e. The summed E-state index contributed by atoms with van der Waals surface area (Å²) in [4.78, 5) is 22.1. The largest absolute Gasteiger partial charge is 0.354 e. The van der Waals surface area contributed by atoms with Gasteiger partial charge in [0.2, 0.25) is 5.91 Å². The summed E-state index contributed by atoms with van der Waals surface area (Å²) >= 11 is 6.00. The molecule has 0 heterocycles. The van der Waals surface area contributed by atoms with E-state index >= 15 is 0 Å². The van der Waals surface area contributed by atoms with Crippen LogP contribution in [0.3, 0.4) is 0 Å². The number of nitrogens with zero attached hydrogens (tertiary/aromatic N) is 1. The molecule has 1 unspecified atom stereocenters. The minimum Gasteiger partial charge on any atom is -0.354 e. The Morgan fingerprint density at radius 2 is 2.05 bits per heavy atom. The predicted molar refractivity (Wildman–Crippen MR) is 82.3 cm³/mol. The third-order valence-corrected chi connectivity index (χ3v) is 3.29. The Morgan fingerprint density at radius 1 is 1.38 bits per heavy atom. The van der Waals surface area contributed by atoms with Crippen molar-refractivity contribution >= 4 is 23.2 Å². The Labute approximate surface area is 129 Å². The normalized spacial score (nSPS) is 12.2. The number of rotatable bonds is 7.